The Labute approximate surface area is 162 Å². The van der Waals surface area contributed by atoms with Gasteiger partial charge in [0.1, 0.15) is 0 Å². The van der Waals surface area contributed by atoms with Crippen molar-refractivity contribution in [2.75, 3.05) is 37.6 Å². The normalized spacial score (nSPS) is 15.6. The van der Waals surface area contributed by atoms with Crippen molar-refractivity contribution in [3.63, 3.8) is 0 Å². The molecule has 0 unspecified atom stereocenters. The highest BCUT2D eigenvalue weighted by molar-refractivity contribution is 5.90. The molecule has 2 aromatic heterocycles. The summed E-state index contributed by atoms with van der Waals surface area (Å²) in [5.74, 6) is 1.06. The van der Waals surface area contributed by atoms with Crippen molar-refractivity contribution < 1.29 is 0 Å². The number of nitrogens with zero attached hydrogens (tertiary/aromatic N) is 4. The van der Waals surface area contributed by atoms with Crippen LogP contribution in [-0.4, -0.2) is 57.4 Å². The third-order valence-electron chi connectivity index (χ3n) is 5.66. The quantitative estimate of drug-likeness (QED) is 0.561. The Morgan fingerprint density at radius 3 is 2.50 bits per heavy atom. The lowest BCUT2D eigenvalue weighted by atomic mass is 10.2. The lowest BCUT2D eigenvalue weighted by Gasteiger charge is -2.35. The fraction of sp³-hybridized carbons (Fsp3) is 0.333. The van der Waals surface area contributed by atoms with Crippen LogP contribution in [0.1, 0.15) is 6.42 Å². The molecule has 0 atom stereocenters. The second-order valence-electron chi connectivity index (χ2n) is 7.37. The maximum absolute atomic E-state index is 12.2. The smallest absolute Gasteiger partial charge is 0.326 e. The molecule has 28 heavy (non-hydrogen) atoms. The Bertz CT molecular complexity index is 1150. The number of imidazole rings is 1. The number of aromatic amines is 2. The van der Waals surface area contributed by atoms with Gasteiger partial charge in [-0.3, -0.25) is 14.6 Å². The molecular weight excluding hydrogens is 352 g/mol. The average Bonchev–Trinajstić information content (AvgIpc) is 3.30. The Hall–Kier alpha value is -3.06. The Morgan fingerprint density at radius 2 is 1.64 bits per heavy atom. The first-order chi connectivity index (χ1) is 13.8. The molecule has 2 N–H and O–H groups in total. The maximum atomic E-state index is 12.2. The van der Waals surface area contributed by atoms with E-state index < -0.39 is 0 Å². The molecule has 2 aromatic carbocycles. The fourth-order valence-electron chi connectivity index (χ4n) is 4.15. The highest BCUT2D eigenvalue weighted by atomic mass is 16.1. The standard InChI is InChI=1S/C21H24N6O/c28-21-22-18-8-3-4-9-19(18)27(21)11-5-10-25-12-14-26(15-13-25)20-16-6-1-2-7-17(16)23-24-20/h1-4,6-9H,5,10-15H2,(H,22,28)(H,23,24). The predicted molar refractivity (Wildman–Crippen MR) is 112 cm³/mol. The summed E-state index contributed by atoms with van der Waals surface area (Å²) in [6.45, 7) is 5.73. The van der Waals surface area contributed by atoms with Crippen LogP contribution in [0.4, 0.5) is 5.82 Å². The minimum Gasteiger partial charge on any atom is -0.352 e. The molecule has 1 fully saturated rings. The van der Waals surface area contributed by atoms with Crippen molar-refractivity contribution in [1.82, 2.24) is 24.6 Å². The number of nitrogens with one attached hydrogen (secondary N) is 2. The zero-order valence-electron chi connectivity index (χ0n) is 15.8. The molecule has 7 nitrogen and oxygen atoms in total. The van der Waals surface area contributed by atoms with Gasteiger partial charge in [-0.1, -0.05) is 24.3 Å². The summed E-state index contributed by atoms with van der Waals surface area (Å²) in [6, 6.07) is 16.2. The first kappa shape index (κ1) is 17.1. The van der Waals surface area contributed by atoms with E-state index >= 15 is 0 Å². The summed E-state index contributed by atoms with van der Waals surface area (Å²) in [5.41, 5.74) is 2.97. The van der Waals surface area contributed by atoms with E-state index in [-0.39, 0.29) is 5.69 Å². The topological polar surface area (TPSA) is 73.0 Å². The van der Waals surface area contributed by atoms with Crippen LogP contribution in [0.3, 0.4) is 0 Å². The lowest BCUT2D eigenvalue weighted by molar-refractivity contribution is 0.250. The van der Waals surface area contributed by atoms with Crippen LogP contribution in [0.15, 0.2) is 53.3 Å². The summed E-state index contributed by atoms with van der Waals surface area (Å²) >= 11 is 0. The number of aromatic nitrogens is 4. The molecular formula is C21H24N6O. The van der Waals surface area contributed by atoms with Crippen LogP contribution in [0, 0.1) is 0 Å². The molecule has 1 aliphatic rings. The lowest BCUT2D eigenvalue weighted by Crippen LogP contribution is -2.47. The van der Waals surface area contributed by atoms with Crippen LogP contribution in [-0.2, 0) is 6.54 Å². The van der Waals surface area contributed by atoms with E-state index in [0.717, 1.165) is 68.1 Å². The number of aryl methyl sites for hydroxylation is 1. The average molecular weight is 376 g/mol. The maximum Gasteiger partial charge on any atom is 0.326 e. The van der Waals surface area contributed by atoms with E-state index in [2.05, 4.69) is 43.2 Å². The van der Waals surface area contributed by atoms with Gasteiger partial charge < -0.3 is 9.88 Å². The first-order valence-corrected chi connectivity index (χ1v) is 9.87. The number of H-pyrrole nitrogens is 2. The number of fused-ring (bicyclic) bond motifs is 2. The molecule has 0 amide bonds. The van der Waals surface area contributed by atoms with E-state index in [9.17, 15) is 4.79 Å². The Balaban J connectivity index is 1.18. The molecule has 4 aromatic rings. The van der Waals surface area contributed by atoms with Gasteiger partial charge in [0, 0.05) is 38.1 Å². The van der Waals surface area contributed by atoms with Crippen molar-refractivity contribution in [2.45, 2.75) is 13.0 Å². The van der Waals surface area contributed by atoms with Gasteiger partial charge in [0.25, 0.3) is 0 Å². The van der Waals surface area contributed by atoms with Gasteiger partial charge in [-0.05, 0) is 37.2 Å². The molecule has 0 radical (unpaired) electrons. The van der Waals surface area contributed by atoms with Crippen molar-refractivity contribution in [3.05, 3.63) is 59.0 Å². The van der Waals surface area contributed by atoms with Gasteiger partial charge in [-0.25, -0.2) is 4.79 Å². The number of benzene rings is 2. The molecule has 144 valence electrons. The van der Waals surface area contributed by atoms with Crippen LogP contribution in [0.5, 0.6) is 0 Å². The second kappa shape index (κ2) is 7.16. The Kier molecular flexibility index (Phi) is 4.37. The summed E-state index contributed by atoms with van der Waals surface area (Å²) < 4.78 is 1.85. The third kappa shape index (κ3) is 3.07. The molecule has 0 spiro atoms. The SMILES string of the molecule is O=c1[nH]c2ccccc2n1CCCN1CCN(c2n[nH]c3ccccc23)CC1. The van der Waals surface area contributed by atoms with Crippen molar-refractivity contribution in [3.8, 4) is 0 Å². The highest BCUT2D eigenvalue weighted by Crippen LogP contribution is 2.24. The van der Waals surface area contributed by atoms with Gasteiger partial charge in [-0.15, -0.1) is 0 Å². The first-order valence-electron chi connectivity index (χ1n) is 9.87. The van der Waals surface area contributed by atoms with Crippen molar-refractivity contribution in [1.29, 1.82) is 0 Å². The molecule has 0 bridgehead atoms. The Morgan fingerprint density at radius 1 is 0.893 bits per heavy atom. The van der Waals surface area contributed by atoms with Crippen LogP contribution in [0.25, 0.3) is 21.9 Å². The van der Waals surface area contributed by atoms with Crippen molar-refractivity contribution >= 4 is 27.8 Å². The van der Waals surface area contributed by atoms with Gasteiger partial charge in [0.05, 0.1) is 16.6 Å². The monoisotopic (exact) mass is 376 g/mol. The van der Waals surface area contributed by atoms with E-state index in [0.29, 0.717) is 0 Å². The van der Waals surface area contributed by atoms with Gasteiger partial charge in [-0.2, -0.15) is 5.10 Å². The minimum absolute atomic E-state index is 0.0172. The number of hydrogen-bond donors (Lipinski definition) is 2. The summed E-state index contributed by atoms with van der Waals surface area (Å²) in [4.78, 5) is 19.9. The molecule has 0 saturated carbocycles. The molecule has 1 aliphatic heterocycles. The van der Waals surface area contributed by atoms with Crippen LogP contribution in [0.2, 0.25) is 0 Å². The molecule has 3 heterocycles. The number of hydrogen-bond acceptors (Lipinski definition) is 4. The van der Waals surface area contributed by atoms with Gasteiger partial charge in [0.2, 0.25) is 0 Å². The minimum atomic E-state index is -0.0172. The summed E-state index contributed by atoms with van der Waals surface area (Å²) in [7, 11) is 0. The number of piperazine rings is 1. The zero-order chi connectivity index (χ0) is 18.9. The van der Waals surface area contributed by atoms with E-state index in [1.54, 1.807) is 0 Å². The predicted octanol–water partition coefficient (Wildman–Crippen LogP) is 2.42. The largest absolute Gasteiger partial charge is 0.352 e. The van der Waals surface area contributed by atoms with Crippen LogP contribution < -0.4 is 10.6 Å². The number of anilines is 1. The molecule has 1 saturated heterocycles. The summed E-state index contributed by atoms with van der Waals surface area (Å²) in [6.07, 6.45) is 0.965. The third-order valence-corrected chi connectivity index (χ3v) is 5.66. The van der Waals surface area contributed by atoms with Gasteiger partial charge in [0.15, 0.2) is 5.82 Å². The molecule has 0 aliphatic carbocycles. The number of para-hydroxylation sites is 3. The zero-order valence-corrected chi connectivity index (χ0v) is 15.8. The fourth-order valence-corrected chi connectivity index (χ4v) is 4.15. The number of rotatable bonds is 5. The van der Waals surface area contributed by atoms with Crippen LogP contribution >= 0.6 is 0 Å². The second-order valence-corrected chi connectivity index (χ2v) is 7.37. The van der Waals surface area contributed by atoms with E-state index in [1.807, 2.05) is 34.9 Å². The van der Waals surface area contributed by atoms with Crippen molar-refractivity contribution in [2.24, 2.45) is 0 Å². The highest BCUT2D eigenvalue weighted by Gasteiger charge is 2.20. The molecule has 5 rings (SSSR count). The molecule has 7 heteroatoms. The van der Waals surface area contributed by atoms with E-state index in [1.165, 1.54) is 5.39 Å². The van der Waals surface area contributed by atoms with Gasteiger partial charge >= 0.3 is 5.69 Å². The van der Waals surface area contributed by atoms with E-state index in [4.69, 9.17) is 0 Å². The summed E-state index contributed by atoms with van der Waals surface area (Å²) in [5, 5.41) is 8.83.